The average Bonchev–Trinajstić information content (AvgIpc) is 2.82. The highest BCUT2D eigenvalue weighted by Crippen LogP contribution is 2.26. The second-order valence-corrected chi connectivity index (χ2v) is 8.33. The number of amides is 2. The van der Waals surface area contributed by atoms with Crippen LogP contribution < -0.4 is 10.1 Å². The highest BCUT2D eigenvalue weighted by atomic mass is 32.2. The molecule has 1 atom stereocenters. The summed E-state index contributed by atoms with van der Waals surface area (Å²) in [6.07, 6.45) is -0.0461. The van der Waals surface area contributed by atoms with Crippen LogP contribution in [-0.2, 0) is 26.0 Å². The Labute approximate surface area is 166 Å². The van der Waals surface area contributed by atoms with Gasteiger partial charge >= 0.3 is 0 Å². The van der Waals surface area contributed by atoms with E-state index in [9.17, 15) is 26.8 Å². The zero-order chi connectivity index (χ0) is 21.2. The monoisotopic (exact) mass is 424 g/mol. The van der Waals surface area contributed by atoms with Crippen molar-refractivity contribution in [2.24, 2.45) is 5.92 Å². The number of sulfonamides is 1. The summed E-state index contributed by atoms with van der Waals surface area (Å²) in [5.41, 5.74) is 0.362. The predicted octanol–water partition coefficient (Wildman–Crippen LogP) is 1.48. The summed E-state index contributed by atoms with van der Waals surface area (Å²) in [6, 6.07) is 7.73. The number of benzene rings is 2. The lowest BCUT2D eigenvalue weighted by molar-refractivity contribution is -0.131. The molecule has 1 heterocycles. The van der Waals surface area contributed by atoms with Gasteiger partial charge in [0, 0.05) is 6.54 Å². The third-order valence-corrected chi connectivity index (χ3v) is 6.30. The van der Waals surface area contributed by atoms with Crippen LogP contribution in [0, 0.1) is 17.6 Å². The minimum atomic E-state index is -4.38. The van der Waals surface area contributed by atoms with Crippen LogP contribution >= 0.6 is 0 Å². The van der Waals surface area contributed by atoms with E-state index in [1.165, 1.54) is 25.3 Å². The van der Waals surface area contributed by atoms with Gasteiger partial charge < -0.3 is 10.1 Å². The molecule has 1 unspecified atom stereocenters. The summed E-state index contributed by atoms with van der Waals surface area (Å²) in [5, 5.41) is 2.50. The van der Waals surface area contributed by atoms with E-state index >= 15 is 0 Å². The lowest BCUT2D eigenvalue weighted by Crippen LogP contribution is -2.42. The zero-order valence-corrected chi connectivity index (χ0v) is 16.2. The second kappa shape index (κ2) is 8.16. The van der Waals surface area contributed by atoms with Gasteiger partial charge in [-0.05, 0) is 54.4 Å². The maximum Gasteiger partial charge on any atom is 0.266 e. The fourth-order valence-electron chi connectivity index (χ4n) is 3.06. The van der Waals surface area contributed by atoms with Crippen LogP contribution in [-0.4, -0.2) is 44.7 Å². The van der Waals surface area contributed by atoms with E-state index in [2.05, 4.69) is 5.32 Å². The molecule has 1 N–H and O–H groups in total. The van der Waals surface area contributed by atoms with Crippen LogP contribution in [0.25, 0.3) is 0 Å². The molecule has 0 aliphatic carbocycles. The molecule has 2 amide bonds. The van der Waals surface area contributed by atoms with Gasteiger partial charge in [-0.1, -0.05) is 0 Å². The first kappa shape index (κ1) is 20.7. The van der Waals surface area contributed by atoms with E-state index < -0.39 is 45.9 Å². The molecule has 3 rings (SSSR count). The number of carbonyl (C=O) groups is 2. The van der Waals surface area contributed by atoms with Crippen LogP contribution in [0.1, 0.15) is 5.56 Å². The molecule has 1 aliphatic heterocycles. The Hall–Kier alpha value is -3.01. The SMILES string of the molecule is COc1ccc(F)cc1CC1CNC(=O)CN(S(=O)(=O)c2ccc(F)cc2)C1=O. The van der Waals surface area contributed by atoms with Crippen LogP contribution in [0.4, 0.5) is 8.78 Å². The lowest BCUT2D eigenvalue weighted by atomic mass is 9.97. The number of rotatable bonds is 5. The van der Waals surface area contributed by atoms with Crippen LogP contribution in [0.15, 0.2) is 47.4 Å². The van der Waals surface area contributed by atoms with Crippen molar-refractivity contribution in [2.75, 3.05) is 20.2 Å². The van der Waals surface area contributed by atoms with Gasteiger partial charge in [-0.25, -0.2) is 21.5 Å². The number of carbonyl (C=O) groups excluding carboxylic acids is 2. The van der Waals surface area contributed by atoms with Crippen LogP contribution in [0.5, 0.6) is 5.75 Å². The summed E-state index contributed by atoms with van der Waals surface area (Å²) in [5.74, 6) is -3.28. The Bertz CT molecular complexity index is 1040. The maximum absolute atomic E-state index is 13.6. The fourth-order valence-corrected chi connectivity index (χ4v) is 4.47. The summed E-state index contributed by atoms with van der Waals surface area (Å²) < 4.78 is 58.2. The van der Waals surface area contributed by atoms with Crippen molar-refractivity contribution in [1.82, 2.24) is 9.62 Å². The van der Waals surface area contributed by atoms with Crippen molar-refractivity contribution in [1.29, 1.82) is 0 Å². The number of ether oxygens (including phenoxy) is 1. The molecule has 2 aromatic carbocycles. The summed E-state index contributed by atoms with van der Waals surface area (Å²) in [4.78, 5) is 24.7. The van der Waals surface area contributed by atoms with E-state index in [1.54, 1.807) is 0 Å². The first-order valence-corrected chi connectivity index (χ1v) is 10.1. The molecule has 1 fully saturated rings. The Balaban J connectivity index is 1.95. The predicted molar refractivity (Wildman–Crippen MR) is 98.5 cm³/mol. The smallest absolute Gasteiger partial charge is 0.266 e. The molecule has 0 spiro atoms. The van der Waals surface area contributed by atoms with Gasteiger partial charge in [0.25, 0.3) is 10.0 Å². The number of hydrogen-bond acceptors (Lipinski definition) is 5. The average molecular weight is 424 g/mol. The number of methoxy groups -OCH3 is 1. The van der Waals surface area contributed by atoms with Crippen molar-refractivity contribution in [3.8, 4) is 5.75 Å². The van der Waals surface area contributed by atoms with Crippen LogP contribution in [0.3, 0.4) is 0 Å². The molecule has 0 bridgehead atoms. The molecule has 0 radical (unpaired) electrons. The van der Waals surface area contributed by atoms with Gasteiger partial charge in [0.1, 0.15) is 23.9 Å². The summed E-state index contributed by atoms with van der Waals surface area (Å²) in [6.45, 7) is -0.817. The minimum absolute atomic E-state index is 0.0461. The normalized spacial score (nSPS) is 17.6. The van der Waals surface area contributed by atoms with Crippen molar-refractivity contribution in [2.45, 2.75) is 11.3 Å². The topological polar surface area (TPSA) is 92.8 Å². The standard InChI is InChI=1S/C19H18F2N2O5S/c1-28-17-7-4-15(21)9-12(17)8-13-10-22-18(24)11-23(19(13)25)29(26,27)16-5-2-14(20)3-6-16/h2-7,9,13H,8,10-11H2,1H3,(H,22,24). The first-order valence-electron chi connectivity index (χ1n) is 8.63. The quantitative estimate of drug-likeness (QED) is 0.785. The second-order valence-electron chi connectivity index (χ2n) is 6.47. The van der Waals surface area contributed by atoms with Gasteiger partial charge in [-0.15, -0.1) is 0 Å². The maximum atomic E-state index is 13.6. The Kier molecular flexibility index (Phi) is 5.83. The molecule has 2 aromatic rings. The van der Waals surface area contributed by atoms with Gasteiger partial charge in [0.2, 0.25) is 11.8 Å². The summed E-state index contributed by atoms with van der Waals surface area (Å²) >= 11 is 0. The molecule has 0 aromatic heterocycles. The third kappa shape index (κ3) is 4.37. The van der Waals surface area contributed by atoms with E-state index in [1.807, 2.05) is 0 Å². The molecule has 7 nitrogen and oxygen atoms in total. The molecule has 154 valence electrons. The lowest BCUT2D eigenvalue weighted by Gasteiger charge is -2.23. The van der Waals surface area contributed by atoms with E-state index in [4.69, 9.17) is 4.74 Å². The van der Waals surface area contributed by atoms with Crippen molar-refractivity contribution in [3.63, 3.8) is 0 Å². The van der Waals surface area contributed by atoms with Crippen molar-refractivity contribution in [3.05, 3.63) is 59.7 Å². The number of nitrogens with zero attached hydrogens (tertiary/aromatic N) is 1. The highest BCUT2D eigenvalue weighted by molar-refractivity contribution is 7.89. The summed E-state index contributed by atoms with van der Waals surface area (Å²) in [7, 11) is -2.99. The Morgan fingerprint density at radius 2 is 1.76 bits per heavy atom. The zero-order valence-electron chi connectivity index (χ0n) is 15.4. The van der Waals surface area contributed by atoms with Gasteiger partial charge in [-0.3, -0.25) is 9.59 Å². The number of nitrogens with one attached hydrogen (secondary N) is 1. The van der Waals surface area contributed by atoms with E-state index in [0.717, 1.165) is 24.3 Å². The van der Waals surface area contributed by atoms with Crippen LogP contribution in [0.2, 0.25) is 0 Å². The third-order valence-electron chi connectivity index (χ3n) is 4.54. The molecule has 1 aliphatic rings. The fraction of sp³-hybridized carbons (Fsp3) is 0.263. The minimum Gasteiger partial charge on any atom is -0.496 e. The van der Waals surface area contributed by atoms with Crippen molar-refractivity contribution >= 4 is 21.8 Å². The van der Waals surface area contributed by atoms with Gasteiger partial charge in [0.15, 0.2) is 0 Å². The molecular formula is C19H18F2N2O5S. The number of hydrogen-bond donors (Lipinski definition) is 1. The number of halogens is 2. The largest absolute Gasteiger partial charge is 0.496 e. The van der Waals surface area contributed by atoms with Gasteiger partial charge in [-0.2, -0.15) is 0 Å². The molecular weight excluding hydrogens is 406 g/mol. The van der Waals surface area contributed by atoms with E-state index in [-0.39, 0.29) is 17.9 Å². The Morgan fingerprint density at radius 3 is 2.41 bits per heavy atom. The van der Waals surface area contributed by atoms with Crippen molar-refractivity contribution < 1.29 is 31.5 Å². The van der Waals surface area contributed by atoms with E-state index in [0.29, 0.717) is 15.6 Å². The highest BCUT2D eigenvalue weighted by Gasteiger charge is 2.38. The molecule has 29 heavy (non-hydrogen) atoms. The molecule has 10 heteroatoms. The Morgan fingerprint density at radius 1 is 1.10 bits per heavy atom. The molecule has 0 saturated carbocycles. The van der Waals surface area contributed by atoms with Gasteiger partial charge in [0.05, 0.1) is 17.9 Å². The first-order chi connectivity index (χ1) is 13.7. The molecule has 1 saturated heterocycles.